The second-order valence-electron chi connectivity index (χ2n) is 7.69. The molecule has 3 atom stereocenters. The van der Waals surface area contributed by atoms with Crippen molar-refractivity contribution in [2.75, 3.05) is 32.9 Å². The van der Waals surface area contributed by atoms with Gasteiger partial charge < -0.3 is 15.7 Å². The maximum atomic E-state index is 12.3. The van der Waals surface area contributed by atoms with Crippen molar-refractivity contribution in [3.63, 3.8) is 0 Å². The average Bonchev–Trinajstić information content (AvgIpc) is 3.14. The van der Waals surface area contributed by atoms with Gasteiger partial charge in [-0.25, -0.2) is 4.39 Å². The first kappa shape index (κ1) is 21.4. The number of alkyl halides is 1. The molecular formula is C20H31FN4O2S. The number of thiophene rings is 1. The Morgan fingerprint density at radius 2 is 2.43 bits per heavy atom. The summed E-state index contributed by atoms with van der Waals surface area (Å²) >= 11 is 1.94. The molecule has 3 heterocycles. The van der Waals surface area contributed by atoms with Gasteiger partial charge in [0.15, 0.2) is 0 Å². The van der Waals surface area contributed by atoms with E-state index in [2.05, 4.69) is 34.9 Å². The number of piperidine rings is 1. The minimum Gasteiger partial charge on any atom is -0.388 e. The van der Waals surface area contributed by atoms with Crippen LogP contribution in [-0.2, 0) is 23.2 Å². The van der Waals surface area contributed by atoms with Crippen LogP contribution in [0.1, 0.15) is 42.0 Å². The summed E-state index contributed by atoms with van der Waals surface area (Å²) in [6, 6.07) is 2.67. The zero-order chi connectivity index (χ0) is 20.1. The Hall–Kier alpha value is -1.35. The second kappa shape index (κ2) is 9.43. The molecule has 156 valence electrons. The number of ether oxygens (including phenoxy) is 1. The highest BCUT2D eigenvalue weighted by Crippen LogP contribution is 2.46. The molecule has 2 aliphatic heterocycles. The second-order valence-corrected chi connectivity index (χ2v) is 8.91. The number of likely N-dealkylation sites (tertiary alicyclic amines) is 1. The van der Waals surface area contributed by atoms with Gasteiger partial charge in [0.2, 0.25) is 0 Å². The number of hydrazone groups is 1. The molecule has 0 aromatic carbocycles. The lowest BCUT2D eigenvalue weighted by Gasteiger charge is -2.47. The molecule has 1 unspecified atom stereocenters. The summed E-state index contributed by atoms with van der Waals surface area (Å²) in [5, 5.41) is 13.1. The molecule has 0 bridgehead atoms. The van der Waals surface area contributed by atoms with Crippen molar-refractivity contribution in [1.82, 2.24) is 4.90 Å². The minimum atomic E-state index is -1.07. The Bertz CT molecular complexity index is 723. The maximum absolute atomic E-state index is 12.3. The van der Waals surface area contributed by atoms with Crippen molar-refractivity contribution in [1.29, 1.82) is 0 Å². The molecule has 0 saturated carbocycles. The van der Waals surface area contributed by atoms with Crippen LogP contribution >= 0.6 is 11.3 Å². The highest BCUT2D eigenvalue weighted by Gasteiger charge is 2.44. The van der Waals surface area contributed by atoms with Crippen molar-refractivity contribution >= 4 is 23.3 Å². The van der Waals surface area contributed by atoms with Crippen LogP contribution in [0.3, 0.4) is 0 Å². The molecule has 1 fully saturated rings. The van der Waals surface area contributed by atoms with Gasteiger partial charge >= 0.3 is 0 Å². The molecule has 3 rings (SSSR count). The number of aryl methyl sites for hydroxylation is 1. The first-order chi connectivity index (χ1) is 13.5. The number of hydrogen-bond donors (Lipinski definition) is 2. The zero-order valence-corrected chi connectivity index (χ0v) is 17.6. The van der Waals surface area contributed by atoms with Gasteiger partial charge in [-0.05, 0) is 37.8 Å². The van der Waals surface area contributed by atoms with E-state index in [0.29, 0.717) is 18.3 Å². The predicted molar refractivity (Wildman–Crippen MR) is 112 cm³/mol. The highest BCUT2D eigenvalue weighted by atomic mass is 32.1. The lowest BCUT2D eigenvalue weighted by Crippen LogP contribution is -2.51. The Morgan fingerprint density at radius 3 is 3.11 bits per heavy atom. The Labute approximate surface area is 170 Å². The number of fused-ring (bicyclic) bond motifs is 2. The van der Waals surface area contributed by atoms with Crippen LogP contribution in [0.2, 0.25) is 0 Å². The SMILES string of the molecule is CCc1cc2c(s1)CCO[C@@]21CCN(C/C(C=NCC(O)CF)=N/N)[C@@H](C)C1. The number of halogens is 1. The largest absolute Gasteiger partial charge is 0.388 e. The number of hydrogen-bond acceptors (Lipinski definition) is 7. The van der Waals surface area contributed by atoms with Gasteiger partial charge in [-0.3, -0.25) is 9.89 Å². The quantitative estimate of drug-likeness (QED) is 0.410. The lowest BCUT2D eigenvalue weighted by atomic mass is 9.79. The molecular weight excluding hydrogens is 379 g/mol. The monoisotopic (exact) mass is 410 g/mol. The molecule has 0 radical (unpaired) electrons. The van der Waals surface area contributed by atoms with Gasteiger partial charge in [0, 0.05) is 41.5 Å². The highest BCUT2D eigenvalue weighted by molar-refractivity contribution is 7.12. The molecule has 8 heteroatoms. The normalized spacial score (nSPS) is 27.4. The maximum Gasteiger partial charge on any atom is 0.117 e. The number of aliphatic hydroxyl groups excluding tert-OH is 1. The minimum absolute atomic E-state index is 0.0166. The summed E-state index contributed by atoms with van der Waals surface area (Å²) in [4.78, 5) is 9.32. The van der Waals surface area contributed by atoms with Gasteiger partial charge in [0.05, 0.1) is 24.5 Å². The van der Waals surface area contributed by atoms with Gasteiger partial charge in [0.25, 0.3) is 0 Å². The smallest absolute Gasteiger partial charge is 0.117 e. The molecule has 0 aliphatic carbocycles. The average molecular weight is 411 g/mol. The van der Waals surface area contributed by atoms with E-state index in [1.165, 1.54) is 21.5 Å². The number of aliphatic imine (C=N–C) groups is 1. The van der Waals surface area contributed by atoms with E-state index in [1.807, 2.05) is 11.3 Å². The van der Waals surface area contributed by atoms with Gasteiger partial charge in [-0.1, -0.05) is 6.92 Å². The third kappa shape index (κ3) is 4.62. The summed E-state index contributed by atoms with van der Waals surface area (Å²) in [7, 11) is 0. The van der Waals surface area contributed by atoms with Crippen molar-refractivity contribution in [3.05, 3.63) is 21.4 Å². The fourth-order valence-electron chi connectivity index (χ4n) is 4.16. The molecule has 28 heavy (non-hydrogen) atoms. The zero-order valence-electron chi connectivity index (χ0n) is 16.7. The van der Waals surface area contributed by atoms with E-state index in [0.717, 1.165) is 38.8 Å². The Morgan fingerprint density at radius 1 is 1.61 bits per heavy atom. The molecule has 1 saturated heterocycles. The first-order valence-electron chi connectivity index (χ1n) is 10.0. The van der Waals surface area contributed by atoms with E-state index in [-0.39, 0.29) is 12.1 Å². The van der Waals surface area contributed by atoms with Crippen LogP contribution in [0, 0.1) is 0 Å². The van der Waals surface area contributed by atoms with E-state index in [1.54, 1.807) is 0 Å². The molecule has 1 spiro atoms. The fourth-order valence-corrected chi connectivity index (χ4v) is 5.34. The van der Waals surface area contributed by atoms with E-state index in [9.17, 15) is 9.50 Å². The fraction of sp³-hybridized carbons (Fsp3) is 0.700. The van der Waals surface area contributed by atoms with Gasteiger partial charge in [0.1, 0.15) is 12.8 Å². The summed E-state index contributed by atoms with van der Waals surface area (Å²) in [5.41, 5.74) is 1.86. The van der Waals surface area contributed by atoms with Crippen LogP contribution in [0.25, 0.3) is 0 Å². The summed E-state index contributed by atoms with van der Waals surface area (Å²) < 4.78 is 18.7. The lowest BCUT2D eigenvalue weighted by molar-refractivity contribution is -0.108. The van der Waals surface area contributed by atoms with Crippen molar-refractivity contribution in [2.45, 2.75) is 57.3 Å². The van der Waals surface area contributed by atoms with E-state index < -0.39 is 12.8 Å². The van der Waals surface area contributed by atoms with Crippen molar-refractivity contribution in [2.24, 2.45) is 15.9 Å². The van der Waals surface area contributed by atoms with Crippen LogP contribution in [0.4, 0.5) is 4.39 Å². The van der Waals surface area contributed by atoms with Crippen LogP contribution in [0.15, 0.2) is 16.2 Å². The molecule has 0 amide bonds. The topological polar surface area (TPSA) is 83.4 Å². The molecule has 1 aromatic heterocycles. The molecule has 2 aliphatic rings. The summed E-state index contributed by atoms with van der Waals surface area (Å²) in [6.45, 7) is 5.90. The van der Waals surface area contributed by atoms with Crippen LogP contribution in [-0.4, -0.2) is 67.0 Å². The van der Waals surface area contributed by atoms with Crippen molar-refractivity contribution in [3.8, 4) is 0 Å². The van der Waals surface area contributed by atoms with Gasteiger partial charge in [-0.2, -0.15) is 5.10 Å². The molecule has 1 aromatic rings. The number of nitrogens with two attached hydrogens (primary N) is 1. The van der Waals surface area contributed by atoms with Crippen LogP contribution in [0.5, 0.6) is 0 Å². The standard InChI is InChI=1S/C20H31FN4O2S/c1-3-17-8-18-19(28-17)4-7-27-20(18)5-6-25(14(2)9-20)13-15(24-22)11-23-12-16(26)10-21/h8,11,14,16,26H,3-7,9-10,12-13,22H2,1-2H3/b23-11?,24-15+/t14-,16?,20+/m0/s1. The van der Waals surface area contributed by atoms with Crippen LogP contribution < -0.4 is 5.84 Å². The number of nitrogens with zero attached hydrogens (tertiary/aromatic N) is 3. The third-order valence-electron chi connectivity index (χ3n) is 5.72. The Kier molecular flexibility index (Phi) is 7.20. The molecule has 6 nitrogen and oxygen atoms in total. The van der Waals surface area contributed by atoms with Crippen molar-refractivity contribution < 1.29 is 14.2 Å². The Balaban J connectivity index is 1.65. The third-order valence-corrected chi connectivity index (χ3v) is 7.06. The van der Waals surface area contributed by atoms with Gasteiger partial charge in [-0.15, -0.1) is 11.3 Å². The first-order valence-corrected chi connectivity index (χ1v) is 10.8. The van der Waals surface area contributed by atoms with E-state index in [4.69, 9.17) is 10.6 Å². The summed E-state index contributed by atoms with van der Waals surface area (Å²) in [5.74, 6) is 5.51. The number of rotatable bonds is 7. The summed E-state index contributed by atoms with van der Waals surface area (Å²) in [6.07, 6.45) is 4.44. The predicted octanol–water partition coefficient (Wildman–Crippen LogP) is 2.28. The van der Waals surface area contributed by atoms with E-state index >= 15 is 0 Å². The molecule has 3 N–H and O–H groups in total. The number of aliphatic hydroxyl groups is 1.